The Hall–Kier alpha value is -1.27. The molecule has 88 valence electrons. The average molecular weight is 265 g/mol. The number of nitrogens with one attached hydrogen (secondary N) is 1. The highest BCUT2D eigenvalue weighted by molar-refractivity contribution is 8.15. The van der Waals surface area contributed by atoms with Crippen LogP contribution in [-0.2, 0) is 4.79 Å². The van der Waals surface area contributed by atoms with Crippen molar-refractivity contribution in [2.24, 2.45) is 10.2 Å². The Kier molecular flexibility index (Phi) is 4.22. The zero-order valence-electron chi connectivity index (χ0n) is 9.21. The molecule has 17 heavy (non-hydrogen) atoms. The Balaban J connectivity index is 2.02. The van der Waals surface area contributed by atoms with E-state index in [0.717, 1.165) is 5.56 Å². The van der Waals surface area contributed by atoms with Crippen LogP contribution in [0, 0.1) is 0 Å². The van der Waals surface area contributed by atoms with E-state index in [1.54, 1.807) is 18.0 Å². The van der Waals surface area contributed by atoms with E-state index >= 15 is 0 Å². The van der Waals surface area contributed by atoms with E-state index < -0.39 is 0 Å². The van der Waals surface area contributed by atoms with Crippen molar-refractivity contribution >= 4 is 40.8 Å². The minimum atomic E-state index is -0.0201. The van der Waals surface area contributed by atoms with Gasteiger partial charge in [-0.3, -0.25) is 4.79 Å². The molecule has 1 aliphatic rings. The number of amides is 1. The lowest BCUT2D eigenvalue weighted by atomic mass is 10.2. The molecule has 2 rings (SSSR count). The van der Waals surface area contributed by atoms with Crippen molar-refractivity contribution in [1.29, 1.82) is 0 Å². The van der Waals surface area contributed by atoms with Crippen LogP contribution in [0.4, 0.5) is 0 Å². The zero-order chi connectivity index (χ0) is 12.1. The van der Waals surface area contributed by atoms with Gasteiger partial charge in [0.1, 0.15) is 0 Å². The molecule has 1 heterocycles. The Labute approximate surface area is 108 Å². The van der Waals surface area contributed by atoms with Gasteiger partial charge in [0, 0.05) is 4.90 Å². The Morgan fingerprint density at radius 3 is 3.12 bits per heavy atom. The van der Waals surface area contributed by atoms with Gasteiger partial charge in [-0.2, -0.15) is 5.10 Å². The van der Waals surface area contributed by atoms with E-state index in [1.807, 2.05) is 30.5 Å². The summed E-state index contributed by atoms with van der Waals surface area (Å²) < 4.78 is 0. The molecular weight excluding hydrogens is 254 g/mol. The lowest BCUT2D eigenvalue weighted by Crippen LogP contribution is -2.19. The van der Waals surface area contributed by atoms with Crippen molar-refractivity contribution in [1.82, 2.24) is 5.32 Å². The number of benzene rings is 1. The SMILES string of the molecule is CSc1cccc(C=NN=C2NC(=O)CS2)c1. The van der Waals surface area contributed by atoms with Gasteiger partial charge in [0.2, 0.25) is 5.91 Å². The van der Waals surface area contributed by atoms with Gasteiger partial charge in [-0.1, -0.05) is 23.9 Å². The third-order valence-electron chi connectivity index (χ3n) is 2.04. The van der Waals surface area contributed by atoms with E-state index in [1.165, 1.54) is 16.7 Å². The van der Waals surface area contributed by atoms with Crippen molar-refractivity contribution in [3.63, 3.8) is 0 Å². The number of carbonyl (C=O) groups is 1. The second-order valence-electron chi connectivity index (χ2n) is 3.26. The van der Waals surface area contributed by atoms with Gasteiger partial charge in [0.25, 0.3) is 0 Å². The molecule has 0 aromatic heterocycles. The van der Waals surface area contributed by atoms with E-state index in [0.29, 0.717) is 10.9 Å². The van der Waals surface area contributed by atoms with E-state index in [-0.39, 0.29) is 5.91 Å². The third-order valence-corrected chi connectivity index (χ3v) is 3.62. The molecule has 1 aromatic rings. The summed E-state index contributed by atoms with van der Waals surface area (Å²) in [4.78, 5) is 12.1. The fourth-order valence-corrected chi connectivity index (χ4v) is 2.35. The van der Waals surface area contributed by atoms with E-state index in [4.69, 9.17) is 0 Å². The molecule has 0 unspecified atom stereocenters. The highest BCUT2D eigenvalue weighted by Gasteiger charge is 2.15. The smallest absolute Gasteiger partial charge is 0.236 e. The molecule has 1 saturated heterocycles. The van der Waals surface area contributed by atoms with E-state index in [2.05, 4.69) is 15.5 Å². The van der Waals surface area contributed by atoms with Gasteiger partial charge in [-0.15, -0.1) is 16.9 Å². The first-order valence-electron chi connectivity index (χ1n) is 4.95. The van der Waals surface area contributed by atoms with Gasteiger partial charge in [0.15, 0.2) is 5.17 Å². The summed E-state index contributed by atoms with van der Waals surface area (Å²) in [6.07, 6.45) is 3.71. The number of carbonyl (C=O) groups excluding carboxylic acids is 1. The van der Waals surface area contributed by atoms with Crippen LogP contribution >= 0.6 is 23.5 Å². The highest BCUT2D eigenvalue weighted by Crippen LogP contribution is 2.15. The van der Waals surface area contributed by atoms with Crippen molar-refractivity contribution < 1.29 is 4.79 Å². The van der Waals surface area contributed by atoms with Crippen LogP contribution < -0.4 is 5.32 Å². The fourth-order valence-electron chi connectivity index (χ4n) is 1.25. The maximum Gasteiger partial charge on any atom is 0.236 e. The molecule has 6 heteroatoms. The molecule has 0 saturated carbocycles. The van der Waals surface area contributed by atoms with Crippen LogP contribution in [0.25, 0.3) is 0 Å². The van der Waals surface area contributed by atoms with Gasteiger partial charge < -0.3 is 5.32 Å². The summed E-state index contributed by atoms with van der Waals surface area (Å²) in [5.41, 5.74) is 0.996. The summed E-state index contributed by atoms with van der Waals surface area (Å²) in [6.45, 7) is 0. The summed E-state index contributed by atoms with van der Waals surface area (Å²) in [5.74, 6) is 0.407. The topological polar surface area (TPSA) is 53.8 Å². The van der Waals surface area contributed by atoms with Crippen molar-refractivity contribution in [3.8, 4) is 0 Å². The van der Waals surface area contributed by atoms with Crippen LogP contribution in [0.3, 0.4) is 0 Å². The number of hydrogen-bond donors (Lipinski definition) is 1. The Morgan fingerprint density at radius 2 is 2.41 bits per heavy atom. The quantitative estimate of drug-likeness (QED) is 0.516. The van der Waals surface area contributed by atoms with Crippen LogP contribution in [-0.4, -0.2) is 29.3 Å². The molecule has 1 amide bonds. The van der Waals surface area contributed by atoms with Crippen molar-refractivity contribution in [3.05, 3.63) is 29.8 Å². The average Bonchev–Trinajstić information content (AvgIpc) is 2.75. The standard InChI is InChI=1S/C11H11N3OS2/c1-16-9-4-2-3-8(5-9)6-12-14-11-13-10(15)7-17-11/h2-6H,7H2,1H3,(H,13,14,15). The summed E-state index contributed by atoms with van der Waals surface area (Å²) >= 11 is 3.05. The van der Waals surface area contributed by atoms with E-state index in [9.17, 15) is 4.79 Å². The normalized spacial score (nSPS) is 17.9. The molecule has 4 nitrogen and oxygen atoms in total. The fraction of sp³-hybridized carbons (Fsp3) is 0.182. The molecular formula is C11H11N3OS2. The molecule has 0 spiro atoms. The summed E-state index contributed by atoms with van der Waals surface area (Å²) in [7, 11) is 0. The highest BCUT2D eigenvalue weighted by atomic mass is 32.2. The molecule has 1 aliphatic heterocycles. The molecule has 0 radical (unpaired) electrons. The first-order chi connectivity index (χ1) is 8.28. The minimum absolute atomic E-state index is 0.0201. The number of thioether (sulfide) groups is 2. The maximum absolute atomic E-state index is 10.9. The number of hydrogen-bond acceptors (Lipinski definition) is 5. The Bertz CT molecular complexity index is 485. The van der Waals surface area contributed by atoms with Gasteiger partial charge in [-0.25, -0.2) is 0 Å². The van der Waals surface area contributed by atoms with Crippen molar-refractivity contribution in [2.45, 2.75) is 4.90 Å². The van der Waals surface area contributed by atoms with Crippen LogP contribution in [0.1, 0.15) is 5.56 Å². The lowest BCUT2D eigenvalue weighted by Gasteiger charge is -1.96. The first-order valence-corrected chi connectivity index (χ1v) is 7.17. The molecule has 1 fully saturated rings. The van der Waals surface area contributed by atoms with Gasteiger partial charge >= 0.3 is 0 Å². The number of nitrogens with zero attached hydrogens (tertiary/aromatic N) is 2. The molecule has 1 N–H and O–H groups in total. The van der Waals surface area contributed by atoms with Crippen LogP contribution in [0.2, 0.25) is 0 Å². The molecule has 0 bridgehead atoms. The predicted molar refractivity (Wildman–Crippen MR) is 73.9 cm³/mol. The van der Waals surface area contributed by atoms with Crippen LogP contribution in [0.5, 0.6) is 0 Å². The van der Waals surface area contributed by atoms with Gasteiger partial charge in [0.05, 0.1) is 12.0 Å². The predicted octanol–water partition coefficient (Wildman–Crippen LogP) is 1.96. The minimum Gasteiger partial charge on any atom is -0.303 e. The van der Waals surface area contributed by atoms with Crippen molar-refractivity contribution in [2.75, 3.05) is 12.0 Å². The molecule has 0 atom stereocenters. The number of amidine groups is 1. The molecule has 1 aromatic carbocycles. The van der Waals surface area contributed by atoms with Gasteiger partial charge in [-0.05, 0) is 24.0 Å². The molecule has 0 aliphatic carbocycles. The second kappa shape index (κ2) is 5.88. The summed E-state index contributed by atoms with van der Waals surface area (Å²) in [5, 5.41) is 11.1. The monoisotopic (exact) mass is 265 g/mol. The zero-order valence-corrected chi connectivity index (χ0v) is 10.8. The maximum atomic E-state index is 10.9. The first kappa shape index (κ1) is 12.2. The number of rotatable bonds is 3. The second-order valence-corrected chi connectivity index (χ2v) is 5.11. The van der Waals surface area contributed by atoms with Crippen LogP contribution in [0.15, 0.2) is 39.4 Å². The summed E-state index contributed by atoms with van der Waals surface area (Å²) in [6, 6.07) is 8.02. The largest absolute Gasteiger partial charge is 0.303 e. The lowest BCUT2D eigenvalue weighted by molar-refractivity contribution is -0.116. The Morgan fingerprint density at radius 1 is 1.53 bits per heavy atom. The third kappa shape index (κ3) is 3.61.